The van der Waals surface area contributed by atoms with Crippen LogP contribution in [0.25, 0.3) is 5.69 Å². The van der Waals surface area contributed by atoms with E-state index in [9.17, 15) is 14.7 Å². The molecule has 0 aliphatic heterocycles. The zero-order valence-corrected chi connectivity index (χ0v) is 17.7. The molecule has 0 unspecified atom stereocenters. The van der Waals surface area contributed by atoms with Crippen LogP contribution in [0.3, 0.4) is 0 Å². The van der Waals surface area contributed by atoms with Crippen molar-refractivity contribution in [1.82, 2.24) is 14.1 Å². The summed E-state index contributed by atoms with van der Waals surface area (Å²) >= 11 is 6.34. The molecule has 0 amide bonds. The number of nitrogens with zero attached hydrogens (tertiary/aromatic N) is 3. The maximum absolute atomic E-state index is 11.4. The normalized spacial score (nSPS) is 10.9. The van der Waals surface area contributed by atoms with Gasteiger partial charge in [0.25, 0.3) is 0 Å². The van der Waals surface area contributed by atoms with Crippen molar-refractivity contribution < 1.29 is 19.4 Å². The summed E-state index contributed by atoms with van der Waals surface area (Å²) in [6.45, 7) is 4.06. The molecule has 2 aromatic heterocycles. The molecule has 8 heteroatoms. The first-order chi connectivity index (χ1) is 14.4. The third-order valence-corrected chi connectivity index (χ3v) is 5.09. The Morgan fingerprint density at radius 1 is 1.20 bits per heavy atom. The van der Waals surface area contributed by atoms with Crippen molar-refractivity contribution in [3.63, 3.8) is 0 Å². The van der Waals surface area contributed by atoms with Crippen LogP contribution < -0.4 is 0 Å². The van der Waals surface area contributed by atoms with Crippen LogP contribution in [0.15, 0.2) is 42.6 Å². The SMILES string of the molecule is CCCCc1nc(Cl)c(COC(C)=O)n1Cc1ccc(-n2cccc2C(=O)O)cc1. The van der Waals surface area contributed by atoms with Gasteiger partial charge in [0.2, 0.25) is 0 Å². The Morgan fingerprint density at radius 2 is 1.93 bits per heavy atom. The molecule has 7 nitrogen and oxygen atoms in total. The van der Waals surface area contributed by atoms with E-state index in [0.29, 0.717) is 17.4 Å². The monoisotopic (exact) mass is 429 g/mol. The number of imidazole rings is 1. The van der Waals surface area contributed by atoms with Gasteiger partial charge in [0.15, 0.2) is 5.15 Å². The molecule has 1 aromatic carbocycles. The van der Waals surface area contributed by atoms with Crippen LogP contribution >= 0.6 is 11.6 Å². The lowest BCUT2D eigenvalue weighted by atomic mass is 10.2. The average Bonchev–Trinajstić information content (AvgIpc) is 3.31. The van der Waals surface area contributed by atoms with Gasteiger partial charge >= 0.3 is 11.9 Å². The van der Waals surface area contributed by atoms with E-state index in [1.54, 1.807) is 22.9 Å². The number of hydrogen-bond donors (Lipinski definition) is 1. The maximum atomic E-state index is 11.4. The summed E-state index contributed by atoms with van der Waals surface area (Å²) in [4.78, 5) is 27.1. The highest BCUT2D eigenvalue weighted by molar-refractivity contribution is 6.30. The zero-order chi connectivity index (χ0) is 21.7. The van der Waals surface area contributed by atoms with Crippen LogP contribution in [0.4, 0.5) is 0 Å². The van der Waals surface area contributed by atoms with Gasteiger partial charge in [-0.25, -0.2) is 9.78 Å². The fourth-order valence-corrected chi connectivity index (χ4v) is 3.50. The number of benzene rings is 1. The largest absolute Gasteiger partial charge is 0.477 e. The number of halogens is 1. The number of carboxylic acids is 1. The van der Waals surface area contributed by atoms with Crippen LogP contribution in [0.1, 0.15) is 54.3 Å². The number of ether oxygens (including phenoxy) is 1. The van der Waals surface area contributed by atoms with Gasteiger partial charge in [0, 0.05) is 31.8 Å². The molecule has 30 heavy (non-hydrogen) atoms. The van der Waals surface area contributed by atoms with Crippen LogP contribution in [0.2, 0.25) is 5.15 Å². The second kappa shape index (κ2) is 9.63. The van der Waals surface area contributed by atoms with E-state index in [4.69, 9.17) is 16.3 Å². The molecule has 3 rings (SSSR count). The molecule has 0 radical (unpaired) electrons. The topological polar surface area (TPSA) is 86.4 Å². The van der Waals surface area contributed by atoms with Crippen molar-refractivity contribution in [3.05, 3.63) is 70.5 Å². The van der Waals surface area contributed by atoms with Crippen LogP contribution in [-0.2, 0) is 29.1 Å². The van der Waals surface area contributed by atoms with E-state index in [-0.39, 0.29) is 18.3 Å². The molecule has 0 fully saturated rings. The zero-order valence-electron chi connectivity index (χ0n) is 17.0. The lowest BCUT2D eigenvalue weighted by Gasteiger charge is -2.13. The molecule has 0 atom stereocenters. The predicted molar refractivity (Wildman–Crippen MR) is 113 cm³/mol. The highest BCUT2D eigenvalue weighted by atomic mass is 35.5. The molecule has 0 spiro atoms. The number of aromatic carboxylic acids is 1. The van der Waals surface area contributed by atoms with Gasteiger partial charge in [-0.1, -0.05) is 37.1 Å². The number of hydrogen-bond acceptors (Lipinski definition) is 4. The third kappa shape index (κ3) is 4.91. The lowest BCUT2D eigenvalue weighted by molar-refractivity contribution is -0.142. The first kappa shape index (κ1) is 21.6. The Hall–Kier alpha value is -3.06. The van der Waals surface area contributed by atoms with Crippen molar-refractivity contribution in [2.45, 2.75) is 46.3 Å². The first-order valence-corrected chi connectivity index (χ1v) is 10.2. The van der Waals surface area contributed by atoms with Gasteiger partial charge < -0.3 is 19.0 Å². The van der Waals surface area contributed by atoms with Crippen molar-refractivity contribution >= 4 is 23.5 Å². The summed E-state index contributed by atoms with van der Waals surface area (Å²) < 4.78 is 8.78. The number of carbonyl (C=O) groups excluding carboxylic acids is 1. The summed E-state index contributed by atoms with van der Waals surface area (Å²) in [6.07, 6.45) is 4.50. The standard InChI is InChI=1S/C22H24ClN3O4/c1-3-4-7-20-24-21(23)19(14-30-15(2)27)26(20)13-16-8-10-17(11-9-16)25-12-5-6-18(25)22(28)29/h5-6,8-12H,3-4,7,13-14H2,1-2H3,(H,28,29). The molecule has 3 aromatic rings. The number of carbonyl (C=O) groups is 2. The molecule has 0 saturated heterocycles. The Kier molecular flexibility index (Phi) is 6.95. The van der Waals surface area contributed by atoms with Crippen molar-refractivity contribution in [2.75, 3.05) is 0 Å². The summed E-state index contributed by atoms with van der Waals surface area (Å²) in [5, 5.41) is 9.65. The summed E-state index contributed by atoms with van der Waals surface area (Å²) in [5.74, 6) is -0.501. The van der Waals surface area contributed by atoms with Crippen molar-refractivity contribution in [1.29, 1.82) is 0 Å². The number of unbranched alkanes of at least 4 members (excludes halogenated alkanes) is 1. The summed E-state index contributed by atoms with van der Waals surface area (Å²) in [6, 6.07) is 10.9. The Labute approximate surface area is 179 Å². The minimum atomic E-state index is -0.979. The number of rotatable bonds is 9. The van der Waals surface area contributed by atoms with Crippen LogP contribution in [0, 0.1) is 0 Å². The molecular weight excluding hydrogens is 406 g/mol. The Bertz CT molecular complexity index is 1040. The molecule has 2 heterocycles. The fraction of sp³-hybridized carbons (Fsp3) is 0.318. The second-order valence-electron chi connectivity index (χ2n) is 6.97. The predicted octanol–water partition coefficient (Wildman–Crippen LogP) is 4.48. The van der Waals surface area contributed by atoms with E-state index in [1.807, 2.05) is 28.8 Å². The van der Waals surface area contributed by atoms with Gasteiger partial charge in [-0.2, -0.15) is 0 Å². The van der Waals surface area contributed by atoms with E-state index in [2.05, 4.69) is 11.9 Å². The minimum absolute atomic E-state index is 0.0662. The highest BCUT2D eigenvalue weighted by Gasteiger charge is 2.17. The minimum Gasteiger partial charge on any atom is -0.477 e. The second-order valence-corrected chi connectivity index (χ2v) is 7.33. The summed E-state index contributed by atoms with van der Waals surface area (Å²) in [5.41, 5.74) is 2.63. The smallest absolute Gasteiger partial charge is 0.352 e. The van der Waals surface area contributed by atoms with Crippen molar-refractivity contribution in [3.8, 4) is 5.69 Å². The van der Waals surface area contributed by atoms with Crippen LogP contribution in [0.5, 0.6) is 0 Å². The van der Waals surface area contributed by atoms with Crippen LogP contribution in [-0.4, -0.2) is 31.2 Å². The lowest BCUT2D eigenvalue weighted by Crippen LogP contribution is -2.11. The van der Waals surface area contributed by atoms with Gasteiger partial charge in [-0.3, -0.25) is 4.79 Å². The molecule has 158 valence electrons. The summed E-state index contributed by atoms with van der Waals surface area (Å²) in [7, 11) is 0. The molecule has 0 saturated carbocycles. The quantitative estimate of drug-likeness (QED) is 0.507. The molecular formula is C22H24ClN3O4. The molecule has 0 aliphatic rings. The Morgan fingerprint density at radius 3 is 2.57 bits per heavy atom. The van der Waals surface area contributed by atoms with E-state index in [1.165, 1.54) is 6.92 Å². The maximum Gasteiger partial charge on any atom is 0.352 e. The molecule has 0 bridgehead atoms. The number of aromatic nitrogens is 3. The number of esters is 1. The molecule has 0 aliphatic carbocycles. The fourth-order valence-electron chi connectivity index (χ4n) is 3.25. The van der Waals surface area contributed by atoms with Gasteiger partial charge in [0.05, 0.1) is 5.69 Å². The van der Waals surface area contributed by atoms with E-state index >= 15 is 0 Å². The van der Waals surface area contributed by atoms with Gasteiger partial charge in [-0.15, -0.1) is 0 Å². The van der Waals surface area contributed by atoms with Crippen molar-refractivity contribution in [2.24, 2.45) is 0 Å². The van der Waals surface area contributed by atoms with Gasteiger partial charge in [-0.05, 0) is 36.2 Å². The molecule has 1 N–H and O–H groups in total. The average molecular weight is 430 g/mol. The Balaban J connectivity index is 1.88. The first-order valence-electron chi connectivity index (χ1n) is 9.77. The third-order valence-electron chi connectivity index (χ3n) is 4.79. The number of aryl methyl sites for hydroxylation is 1. The van der Waals surface area contributed by atoms with E-state index < -0.39 is 5.97 Å². The van der Waals surface area contributed by atoms with E-state index in [0.717, 1.165) is 36.3 Å². The number of carboxylic acid groups (broad SMARTS) is 1. The highest BCUT2D eigenvalue weighted by Crippen LogP contribution is 2.22. The van der Waals surface area contributed by atoms with Gasteiger partial charge in [0.1, 0.15) is 18.1 Å².